The second kappa shape index (κ2) is 8.46. The molecule has 3 heterocycles. The maximum atomic E-state index is 12.6. The summed E-state index contributed by atoms with van der Waals surface area (Å²) in [6, 6.07) is 5.69. The van der Waals surface area contributed by atoms with Crippen molar-refractivity contribution in [3.63, 3.8) is 0 Å². The van der Waals surface area contributed by atoms with Gasteiger partial charge in [0, 0.05) is 37.6 Å². The van der Waals surface area contributed by atoms with E-state index in [0.717, 1.165) is 12.8 Å². The Morgan fingerprint density at radius 2 is 1.79 bits per heavy atom. The number of pyridine rings is 1. The third kappa shape index (κ3) is 4.18. The molecule has 2 aliphatic rings. The highest BCUT2D eigenvalue weighted by molar-refractivity contribution is 5.94. The molecule has 1 aliphatic carbocycles. The number of carbonyl (C=O) groups is 2. The van der Waals surface area contributed by atoms with Crippen molar-refractivity contribution < 1.29 is 9.59 Å². The molecule has 2 aromatic heterocycles. The highest BCUT2D eigenvalue weighted by Gasteiger charge is 2.35. The van der Waals surface area contributed by atoms with Crippen molar-refractivity contribution in [2.75, 3.05) is 6.54 Å². The third-order valence-electron chi connectivity index (χ3n) is 5.57. The van der Waals surface area contributed by atoms with Gasteiger partial charge >= 0.3 is 0 Å². The van der Waals surface area contributed by atoms with Crippen molar-refractivity contribution >= 4 is 11.8 Å². The zero-order chi connectivity index (χ0) is 19.3. The van der Waals surface area contributed by atoms with Crippen LogP contribution < -0.4 is 5.32 Å². The molecule has 0 aromatic carbocycles. The van der Waals surface area contributed by atoms with E-state index in [-0.39, 0.29) is 17.9 Å². The summed E-state index contributed by atoms with van der Waals surface area (Å²) in [4.78, 5) is 39.7. The van der Waals surface area contributed by atoms with Gasteiger partial charge in [0.05, 0.1) is 11.6 Å². The lowest BCUT2D eigenvalue weighted by Gasteiger charge is -2.27. The lowest BCUT2D eigenvalue weighted by Crippen LogP contribution is -2.40. The summed E-state index contributed by atoms with van der Waals surface area (Å²) in [5.41, 5.74) is 1.05. The number of rotatable bonds is 4. The number of likely N-dealkylation sites (tertiary alicyclic amines) is 1. The molecule has 1 atom stereocenters. The average molecular weight is 379 g/mol. The van der Waals surface area contributed by atoms with E-state index in [9.17, 15) is 9.59 Å². The summed E-state index contributed by atoms with van der Waals surface area (Å²) in [6.45, 7) is 0.599. The van der Waals surface area contributed by atoms with Crippen LogP contribution in [0.1, 0.15) is 55.3 Å². The maximum absolute atomic E-state index is 12.6. The van der Waals surface area contributed by atoms with Crippen LogP contribution in [0.5, 0.6) is 0 Å². The summed E-state index contributed by atoms with van der Waals surface area (Å²) in [5, 5.41) is 2.97. The molecule has 7 nitrogen and oxygen atoms in total. The van der Waals surface area contributed by atoms with E-state index in [1.165, 1.54) is 38.1 Å². The minimum absolute atomic E-state index is 0.152. The third-order valence-corrected chi connectivity index (χ3v) is 5.57. The number of hydrogen-bond acceptors (Lipinski definition) is 5. The Balaban J connectivity index is 1.36. The Hall–Kier alpha value is -2.83. The van der Waals surface area contributed by atoms with Crippen LogP contribution in [0.3, 0.4) is 0 Å². The van der Waals surface area contributed by atoms with E-state index in [1.807, 2.05) is 23.1 Å². The summed E-state index contributed by atoms with van der Waals surface area (Å²) in [6.07, 6.45) is 12.1. The van der Waals surface area contributed by atoms with Crippen molar-refractivity contribution in [1.29, 1.82) is 0 Å². The van der Waals surface area contributed by atoms with Gasteiger partial charge in [-0.2, -0.15) is 0 Å². The van der Waals surface area contributed by atoms with Gasteiger partial charge in [-0.1, -0.05) is 31.7 Å². The molecule has 4 rings (SSSR count). The monoisotopic (exact) mass is 379 g/mol. The first-order chi connectivity index (χ1) is 13.7. The highest BCUT2D eigenvalue weighted by Crippen LogP contribution is 2.26. The van der Waals surface area contributed by atoms with Gasteiger partial charge in [-0.3, -0.25) is 14.6 Å². The standard InChI is InChI=1S/C21H25N5O2/c27-19-11-16(14-26(19)17-7-3-1-2-4-8-17)25-21(28)15-12-23-20(24-13-15)18-9-5-6-10-22-18/h5-6,9-10,12-13,16-17H,1-4,7-8,11,14H2,(H,25,28). The first kappa shape index (κ1) is 18.5. The number of nitrogens with zero attached hydrogens (tertiary/aromatic N) is 4. The van der Waals surface area contributed by atoms with Crippen LogP contribution in [-0.2, 0) is 4.79 Å². The van der Waals surface area contributed by atoms with Gasteiger partial charge in [0.15, 0.2) is 5.82 Å². The molecule has 2 amide bonds. The van der Waals surface area contributed by atoms with E-state index >= 15 is 0 Å². The van der Waals surface area contributed by atoms with E-state index in [0.29, 0.717) is 36.1 Å². The molecule has 28 heavy (non-hydrogen) atoms. The lowest BCUT2D eigenvalue weighted by atomic mass is 10.1. The Morgan fingerprint density at radius 1 is 1.04 bits per heavy atom. The van der Waals surface area contributed by atoms with Crippen molar-refractivity contribution in [2.45, 2.75) is 57.0 Å². The smallest absolute Gasteiger partial charge is 0.254 e. The number of hydrogen-bond donors (Lipinski definition) is 1. The summed E-state index contributed by atoms with van der Waals surface area (Å²) in [5.74, 6) is 0.389. The summed E-state index contributed by atoms with van der Waals surface area (Å²) < 4.78 is 0. The molecule has 1 aliphatic heterocycles. The molecule has 146 valence electrons. The van der Waals surface area contributed by atoms with Crippen molar-refractivity contribution in [1.82, 2.24) is 25.2 Å². The molecule has 0 bridgehead atoms. The number of nitrogens with one attached hydrogen (secondary N) is 1. The molecule has 2 fully saturated rings. The first-order valence-corrected chi connectivity index (χ1v) is 10.0. The molecule has 1 saturated carbocycles. The zero-order valence-corrected chi connectivity index (χ0v) is 15.9. The fraction of sp³-hybridized carbons (Fsp3) is 0.476. The lowest BCUT2D eigenvalue weighted by molar-refractivity contribution is -0.129. The van der Waals surface area contributed by atoms with E-state index < -0.39 is 0 Å². The van der Waals surface area contributed by atoms with Crippen LogP contribution in [0.25, 0.3) is 11.5 Å². The predicted molar refractivity (Wildman–Crippen MR) is 104 cm³/mol. The predicted octanol–water partition coefficient (Wildman–Crippen LogP) is 2.59. The van der Waals surface area contributed by atoms with Gasteiger partial charge < -0.3 is 10.2 Å². The molecule has 1 N–H and O–H groups in total. The topological polar surface area (TPSA) is 88.1 Å². The van der Waals surface area contributed by atoms with Crippen LogP contribution in [0.15, 0.2) is 36.8 Å². The van der Waals surface area contributed by atoms with Gasteiger partial charge in [-0.15, -0.1) is 0 Å². The van der Waals surface area contributed by atoms with Gasteiger partial charge in [0.1, 0.15) is 5.69 Å². The Kier molecular flexibility index (Phi) is 5.60. The average Bonchev–Trinajstić information content (AvgIpc) is 2.93. The summed E-state index contributed by atoms with van der Waals surface area (Å²) in [7, 11) is 0. The Labute approximate surface area is 164 Å². The first-order valence-electron chi connectivity index (χ1n) is 10.0. The molecule has 2 aromatic rings. The highest BCUT2D eigenvalue weighted by atomic mass is 16.2. The molecular weight excluding hydrogens is 354 g/mol. The molecule has 1 saturated heterocycles. The van der Waals surface area contributed by atoms with E-state index in [4.69, 9.17) is 0 Å². The van der Waals surface area contributed by atoms with Crippen LogP contribution >= 0.6 is 0 Å². The molecule has 7 heteroatoms. The van der Waals surface area contributed by atoms with Crippen LogP contribution in [0.4, 0.5) is 0 Å². The minimum Gasteiger partial charge on any atom is -0.347 e. The number of amides is 2. The normalized spacial score (nSPS) is 20.8. The second-order valence-electron chi connectivity index (χ2n) is 7.58. The fourth-order valence-electron chi connectivity index (χ4n) is 4.09. The SMILES string of the molecule is O=C(NC1CC(=O)N(C2CCCCCC2)C1)c1cnc(-c2ccccn2)nc1. The van der Waals surface area contributed by atoms with Crippen LogP contribution in [-0.4, -0.2) is 50.3 Å². The Bertz CT molecular complexity index is 816. The van der Waals surface area contributed by atoms with Crippen molar-refractivity contribution in [3.05, 3.63) is 42.4 Å². The fourth-order valence-corrected chi connectivity index (χ4v) is 4.09. The van der Waals surface area contributed by atoms with Gasteiger partial charge in [0.2, 0.25) is 5.91 Å². The molecular formula is C21H25N5O2. The Morgan fingerprint density at radius 3 is 2.46 bits per heavy atom. The summed E-state index contributed by atoms with van der Waals surface area (Å²) >= 11 is 0. The molecule has 0 spiro atoms. The molecule has 1 unspecified atom stereocenters. The van der Waals surface area contributed by atoms with E-state index in [1.54, 1.807) is 6.20 Å². The zero-order valence-electron chi connectivity index (χ0n) is 15.9. The van der Waals surface area contributed by atoms with Crippen LogP contribution in [0, 0.1) is 0 Å². The van der Waals surface area contributed by atoms with Gasteiger partial charge in [-0.05, 0) is 25.0 Å². The number of aromatic nitrogens is 3. The number of carbonyl (C=O) groups excluding carboxylic acids is 2. The van der Waals surface area contributed by atoms with Crippen molar-refractivity contribution in [2.24, 2.45) is 0 Å². The van der Waals surface area contributed by atoms with Gasteiger partial charge in [-0.25, -0.2) is 9.97 Å². The second-order valence-corrected chi connectivity index (χ2v) is 7.58. The maximum Gasteiger partial charge on any atom is 0.254 e. The van der Waals surface area contributed by atoms with Crippen LogP contribution in [0.2, 0.25) is 0 Å². The minimum atomic E-state index is -0.243. The quantitative estimate of drug-likeness (QED) is 0.825. The van der Waals surface area contributed by atoms with E-state index in [2.05, 4.69) is 20.3 Å². The molecule has 0 radical (unpaired) electrons. The largest absolute Gasteiger partial charge is 0.347 e. The van der Waals surface area contributed by atoms with Gasteiger partial charge in [0.25, 0.3) is 5.91 Å². The van der Waals surface area contributed by atoms with Crippen molar-refractivity contribution in [3.8, 4) is 11.5 Å².